The number of ether oxygens (including phenoxy) is 1. The first-order valence-corrected chi connectivity index (χ1v) is 6.45. The Hall–Kier alpha value is -1.94. The van der Waals surface area contributed by atoms with Gasteiger partial charge >= 0.3 is 5.97 Å². The molecule has 4 heteroatoms. The Morgan fingerprint density at radius 3 is 3.11 bits per heavy atom. The second kappa shape index (κ2) is 4.97. The molecule has 1 saturated heterocycles. The average Bonchev–Trinajstić information content (AvgIpc) is 2.46. The van der Waals surface area contributed by atoms with Crippen LogP contribution in [0.15, 0.2) is 36.5 Å². The fourth-order valence-electron chi connectivity index (χ4n) is 2.63. The molecular formula is C15H15NO3. The molecule has 0 spiro atoms. The zero-order valence-electron chi connectivity index (χ0n) is 10.5. The molecule has 1 fully saturated rings. The van der Waals surface area contributed by atoms with Crippen molar-refractivity contribution >= 4 is 16.9 Å². The number of carboxylic acids is 1. The van der Waals surface area contributed by atoms with E-state index in [1.807, 2.05) is 30.3 Å². The third-order valence-corrected chi connectivity index (χ3v) is 3.60. The van der Waals surface area contributed by atoms with Gasteiger partial charge in [0.25, 0.3) is 0 Å². The number of aliphatic carboxylic acids is 1. The molecule has 0 saturated carbocycles. The number of benzene rings is 1. The number of fused-ring (bicyclic) bond motifs is 1. The van der Waals surface area contributed by atoms with E-state index in [2.05, 4.69) is 4.98 Å². The highest BCUT2D eigenvalue weighted by atomic mass is 16.5. The molecule has 2 unspecified atom stereocenters. The number of hydrogen-bond acceptors (Lipinski definition) is 3. The summed E-state index contributed by atoms with van der Waals surface area (Å²) < 4.78 is 5.69. The van der Waals surface area contributed by atoms with Gasteiger partial charge in [0.05, 0.1) is 17.5 Å². The lowest BCUT2D eigenvalue weighted by Crippen LogP contribution is -2.28. The van der Waals surface area contributed by atoms with Gasteiger partial charge in [0.15, 0.2) is 0 Å². The van der Waals surface area contributed by atoms with Crippen LogP contribution >= 0.6 is 0 Å². The van der Waals surface area contributed by atoms with Crippen molar-refractivity contribution in [2.24, 2.45) is 5.92 Å². The SMILES string of the molecule is O=C(O)C1CCCOC1c1ccc2ncccc2c1. The molecule has 19 heavy (non-hydrogen) atoms. The molecule has 3 rings (SSSR count). The van der Waals surface area contributed by atoms with Crippen LogP contribution in [0.5, 0.6) is 0 Å². The minimum atomic E-state index is -0.781. The summed E-state index contributed by atoms with van der Waals surface area (Å²) in [6, 6.07) is 9.67. The van der Waals surface area contributed by atoms with Gasteiger partial charge in [-0.2, -0.15) is 0 Å². The zero-order valence-corrected chi connectivity index (χ0v) is 10.5. The van der Waals surface area contributed by atoms with Gasteiger partial charge in [-0.15, -0.1) is 0 Å². The number of nitrogens with zero attached hydrogens (tertiary/aromatic N) is 1. The molecule has 0 radical (unpaired) electrons. The molecule has 1 N–H and O–H groups in total. The maximum Gasteiger partial charge on any atom is 0.309 e. The Bertz CT molecular complexity index is 611. The van der Waals surface area contributed by atoms with E-state index in [9.17, 15) is 9.90 Å². The molecule has 2 atom stereocenters. The van der Waals surface area contributed by atoms with Crippen LogP contribution in [0.2, 0.25) is 0 Å². The van der Waals surface area contributed by atoms with E-state index in [0.717, 1.165) is 22.9 Å². The molecule has 1 aliphatic heterocycles. The molecule has 4 nitrogen and oxygen atoms in total. The molecule has 2 heterocycles. The van der Waals surface area contributed by atoms with Crippen molar-refractivity contribution < 1.29 is 14.6 Å². The van der Waals surface area contributed by atoms with Crippen LogP contribution < -0.4 is 0 Å². The number of pyridine rings is 1. The van der Waals surface area contributed by atoms with E-state index in [1.54, 1.807) is 6.20 Å². The summed E-state index contributed by atoms with van der Waals surface area (Å²) in [5.41, 5.74) is 1.83. The second-order valence-corrected chi connectivity index (χ2v) is 4.83. The third-order valence-electron chi connectivity index (χ3n) is 3.60. The average molecular weight is 257 g/mol. The Morgan fingerprint density at radius 1 is 1.37 bits per heavy atom. The van der Waals surface area contributed by atoms with Crippen LogP contribution in [0.3, 0.4) is 0 Å². The van der Waals surface area contributed by atoms with E-state index in [-0.39, 0.29) is 6.10 Å². The summed E-state index contributed by atoms with van der Waals surface area (Å²) in [6.07, 6.45) is 2.88. The smallest absolute Gasteiger partial charge is 0.309 e. The molecule has 1 aromatic heterocycles. The van der Waals surface area contributed by atoms with E-state index < -0.39 is 11.9 Å². The highest BCUT2D eigenvalue weighted by Crippen LogP contribution is 2.34. The maximum atomic E-state index is 11.3. The first kappa shape index (κ1) is 12.1. The molecule has 0 amide bonds. The van der Waals surface area contributed by atoms with Crippen LogP contribution in [-0.4, -0.2) is 22.7 Å². The molecule has 2 aromatic rings. The van der Waals surface area contributed by atoms with Gasteiger partial charge in [-0.1, -0.05) is 12.1 Å². The van der Waals surface area contributed by atoms with E-state index in [0.29, 0.717) is 13.0 Å². The van der Waals surface area contributed by atoms with Gasteiger partial charge in [0.2, 0.25) is 0 Å². The molecular weight excluding hydrogens is 242 g/mol. The van der Waals surface area contributed by atoms with Crippen molar-refractivity contribution in [2.45, 2.75) is 18.9 Å². The number of carbonyl (C=O) groups is 1. The first-order chi connectivity index (χ1) is 9.25. The largest absolute Gasteiger partial charge is 0.481 e. The Morgan fingerprint density at radius 2 is 2.26 bits per heavy atom. The topological polar surface area (TPSA) is 59.4 Å². The van der Waals surface area contributed by atoms with Crippen molar-refractivity contribution in [1.29, 1.82) is 0 Å². The van der Waals surface area contributed by atoms with Crippen molar-refractivity contribution in [2.75, 3.05) is 6.61 Å². The van der Waals surface area contributed by atoms with Gasteiger partial charge in [-0.05, 0) is 36.6 Å². The van der Waals surface area contributed by atoms with Gasteiger partial charge < -0.3 is 9.84 Å². The van der Waals surface area contributed by atoms with Crippen molar-refractivity contribution in [3.63, 3.8) is 0 Å². The lowest BCUT2D eigenvalue weighted by Gasteiger charge is -2.29. The zero-order chi connectivity index (χ0) is 13.2. The first-order valence-electron chi connectivity index (χ1n) is 6.45. The highest BCUT2D eigenvalue weighted by molar-refractivity contribution is 5.79. The molecule has 1 aromatic carbocycles. The van der Waals surface area contributed by atoms with E-state index in [1.165, 1.54) is 0 Å². The normalized spacial score (nSPS) is 23.4. The molecule has 0 aliphatic carbocycles. The number of carboxylic acid groups (broad SMARTS) is 1. The summed E-state index contributed by atoms with van der Waals surface area (Å²) in [5, 5.41) is 10.3. The van der Waals surface area contributed by atoms with Gasteiger partial charge in [-0.25, -0.2) is 0 Å². The van der Waals surface area contributed by atoms with Crippen molar-refractivity contribution in [1.82, 2.24) is 4.98 Å². The van der Waals surface area contributed by atoms with Crippen LogP contribution in [0.25, 0.3) is 10.9 Å². The highest BCUT2D eigenvalue weighted by Gasteiger charge is 2.32. The summed E-state index contributed by atoms with van der Waals surface area (Å²) in [7, 11) is 0. The maximum absolute atomic E-state index is 11.3. The van der Waals surface area contributed by atoms with Crippen LogP contribution in [-0.2, 0) is 9.53 Å². The van der Waals surface area contributed by atoms with E-state index >= 15 is 0 Å². The summed E-state index contributed by atoms with van der Waals surface area (Å²) >= 11 is 0. The van der Waals surface area contributed by atoms with Crippen LogP contribution in [0.4, 0.5) is 0 Å². The number of aromatic nitrogens is 1. The lowest BCUT2D eigenvalue weighted by molar-refractivity contribution is -0.151. The number of rotatable bonds is 2. The fourth-order valence-corrected chi connectivity index (χ4v) is 2.63. The third kappa shape index (κ3) is 2.31. The van der Waals surface area contributed by atoms with Gasteiger partial charge in [0.1, 0.15) is 0 Å². The summed E-state index contributed by atoms with van der Waals surface area (Å²) in [5.74, 6) is -1.24. The van der Waals surface area contributed by atoms with Crippen LogP contribution in [0.1, 0.15) is 24.5 Å². The standard InChI is InChI=1S/C15H15NO3/c17-15(18)12-4-2-8-19-14(12)11-5-6-13-10(9-11)3-1-7-16-13/h1,3,5-7,9,12,14H,2,4,8H2,(H,17,18). The monoisotopic (exact) mass is 257 g/mol. The van der Waals surface area contributed by atoms with Crippen molar-refractivity contribution in [3.05, 3.63) is 42.1 Å². The Kier molecular flexibility index (Phi) is 3.17. The Labute approximate surface area is 111 Å². The summed E-state index contributed by atoms with van der Waals surface area (Å²) in [6.45, 7) is 0.625. The minimum Gasteiger partial charge on any atom is -0.481 e. The predicted molar refractivity (Wildman–Crippen MR) is 70.8 cm³/mol. The lowest BCUT2D eigenvalue weighted by atomic mass is 9.89. The minimum absolute atomic E-state index is 0.351. The predicted octanol–water partition coefficient (Wildman–Crippen LogP) is 2.79. The van der Waals surface area contributed by atoms with Gasteiger partial charge in [-0.3, -0.25) is 9.78 Å². The Balaban J connectivity index is 1.99. The van der Waals surface area contributed by atoms with Crippen molar-refractivity contribution in [3.8, 4) is 0 Å². The summed E-state index contributed by atoms with van der Waals surface area (Å²) in [4.78, 5) is 15.6. The van der Waals surface area contributed by atoms with E-state index in [4.69, 9.17) is 4.74 Å². The second-order valence-electron chi connectivity index (χ2n) is 4.83. The molecule has 0 bridgehead atoms. The quantitative estimate of drug-likeness (QED) is 0.898. The molecule has 1 aliphatic rings. The fraction of sp³-hybridized carbons (Fsp3) is 0.333. The molecule has 98 valence electrons. The number of hydrogen-bond donors (Lipinski definition) is 1. The van der Waals surface area contributed by atoms with Gasteiger partial charge in [0, 0.05) is 18.2 Å². The van der Waals surface area contributed by atoms with Crippen LogP contribution in [0, 0.1) is 5.92 Å².